The van der Waals surface area contributed by atoms with E-state index >= 15 is 0 Å². The Labute approximate surface area is 132 Å². The maximum absolute atomic E-state index is 12.1. The van der Waals surface area contributed by atoms with E-state index in [2.05, 4.69) is 15.1 Å². The van der Waals surface area contributed by atoms with Crippen LogP contribution in [0.25, 0.3) is 21.8 Å². The van der Waals surface area contributed by atoms with Gasteiger partial charge in [-0.3, -0.25) is 4.79 Å². The summed E-state index contributed by atoms with van der Waals surface area (Å²) < 4.78 is 6.22. The molecule has 3 heterocycles. The molecule has 0 aliphatic heterocycles. The molecule has 0 amide bonds. The molecule has 0 fully saturated rings. The average molecular weight is 326 g/mol. The van der Waals surface area contributed by atoms with E-state index in [9.17, 15) is 9.59 Å². The third kappa shape index (κ3) is 2.49. The number of para-hydroxylation sites is 2. The molecular weight excluding hydrogens is 316 g/mol. The van der Waals surface area contributed by atoms with Crippen LogP contribution in [0.3, 0.4) is 0 Å². The van der Waals surface area contributed by atoms with Crippen molar-refractivity contribution < 1.29 is 4.42 Å². The van der Waals surface area contributed by atoms with Gasteiger partial charge in [0.25, 0.3) is 11.4 Å². The fourth-order valence-electron chi connectivity index (χ4n) is 2.22. The number of H-pyrrole nitrogens is 1. The van der Waals surface area contributed by atoms with Crippen molar-refractivity contribution in [3.63, 3.8) is 0 Å². The Kier molecular flexibility index (Phi) is 3.16. The molecule has 0 aliphatic carbocycles. The highest BCUT2D eigenvalue weighted by Gasteiger charge is 2.14. The molecule has 0 atom stereocenters. The number of thiophene rings is 1. The first-order valence-electron chi connectivity index (χ1n) is 6.80. The molecular formula is C15H10N4O3S. The van der Waals surface area contributed by atoms with E-state index in [0.29, 0.717) is 11.0 Å². The normalized spacial score (nSPS) is 11.1. The summed E-state index contributed by atoms with van der Waals surface area (Å²) in [7, 11) is 0. The fourth-order valence-corrected chi connectivity index (χ4v) is 2.87. The van der Waals surface area contributed by atoms with Gasteiger partial charge in [0.15, 0.2) is 0 Å². The van der Waals surface area contributed by atoms with Gasteiger partial charge in [-0.05, 0) is 23.6 Å². The molecule has 0 radical (unpaired) electrons. The fraction of sp³-hybridized carbons (Fsp3) is 0.0667. The van der Waals surface area contributed by atoms with E-state index in [4.69, 9.17) is 4.42 Å². The first-order chi connectivity index (χ1) is 11.2. The molecule has 0 spiro atoms. The van der Waals surface area contributed by atoms with Gasteiger partial charge in [0.2, 0.25) is 0 Å². The number of fused-ring (bicyclic) bond motifs is 1. The Morgan fingerprint density at radius 1 is 1.17 bits per heavy atom. The molecule has 3 aromatic heterocycles. The smallest absolute Gasteiger partial charge is 0.387 e. The molecule has 1 aromatic carbocycles. The molecule has 23 heavy (non-hydrogen) atoms. The van der Waals surface area contributed by atoms with E-state index < -0.39 is 5.76 Å². The number of rotatable bonds is 3. The first kappa shape index (κ1) is 13.6. The summed E-state index contributed by atoms with van der Waals surface area (Å²) in [5.41, 5.74) is 1.15. The monoisotopic (exact) mass is 326 g/mol. The molecule has 0 saturated heterocycles. The van der Waals surface area contributed by atoms with Crippen molar-refractivity contribution in [2.75, 3.05) is 0 Å². The average Bonchev–Trinajstić information content (AvgIpc) is 3.18. The second kappa shape index (κ2) is 5.33. The van der Waals surface area contributed by atoms with E-state index in [1.165, 1.54) is 11.3 Å². The SMILES string of the molecule is O=c1[nH]c2ccccc2nc1Cn1nc(-c2cccs2)oc1=O. The minimum absolute atomic E-state index is 0.0477. The summed E-state index contributed by atoms with van der Waals surface area (Å²) in [5.74, 6) is -0.384. The lowest BCUT2D eigenvalue weighted by atomic mass is 10.3. The van der Waals surface area contributed by atoms with Gasteiger partial charge in [-0.15, -0.1) is 16.4 Å². The predicted octanol–water partition coefficient (Wildman–Crippen LogP) is 1.85. The molecule has 1 N–H and O–H groups in total. The summed E-state index contributed by atoms with van der Waals surface area (Å²) in [6, 6.07) is 10.8. The zero-order valence-electron chi connectivity index (χ0n) is 11.7. The van der Waals surface area contributed by atoms with E-state index in [1.54, 1.807) is 18.2 Å². The Bertz CT molecular complexity index is 1090. The molecule has 0 unspecified atom stereocenters. The lowest BCUT2D eigenvalue weighted by Crippen LogP contribution is -2.23. The number of hydrogen-bond acceptors (Lipinski definition) is 6. The number of aromatic amines is 1. The molecule has 0 aliphatic rings. The second-order valence-corrected chi connectivity index (χ2v) is 5.79. The van der Waals surface area contributed by atoms with Gasteiger partial charge >= 0.3 is 5.76 Å². The highest BCUT2D eigenvalue weighted by molar-refractivity contribution is 7.13. The molecule has 0 bridgehead atoms. The summed E-state index contributed by atoms with van der Waals surface area (Å²) in [6.07, 6.45) is 0. The van der Waals surface area contributed by atoms with Gasteiger partial charge in [-0.2, -0.15) is 4.68 Å². The zero-order chi connectivity index (χ0) is 15.8. The van der Waals surface area contributed by atoms with Gasteiger partial charge in [-0.1, -0.05) is 18.2 Å². The van der Waals surface area contributed by atoms with Crippen molar-refractivity contribution in [1.82, 2.24) is 19.7 Å². The summed E-state index contributed by atoms with van der Waals surface area (Å²) in [6.45, 7) is -0.0477. The summed E-state index contributed by atoms with van der Waals surface area (Å²) in [4.78, 5) is 31.8. The van der Waals surface area contributed by atoms with E-state index in [0.717, 1.165) is 9.56 Å². The Morgan fingerprint density at radius 2 is 2.04 bits per heavy atom. The Morgan fingerprint density at radius 3 is 2.87 bits per heavy atom. The van der Waals surface area contributed by atoms with Crippen molar-refractivity contribution in [3.05, 3.63) is 68.4 Å². The molecule has 8 heteroatoms. The van der Waals surface area contributed by atoms with Crippen LogP contribution in [0.5, 0.6) is 0 Å². The topological polar surface area (TPSA) is 93.8 Å². The first-order valence-corrected chi connectivity index (χ1v) is 7.68. The third-order valence-corrected chi connectivity index (χ3v) is 4.17. The van der Waals surface area contributed by atoms with Crippen LogP contribution in [-0.2, 0) is 6.54 Å². The third-order valence-electron chi connectivity index (χ3n) is 3.31. The van der Waals surface area contributed by atoms with Crippen LogP contribution < -0.4 is 11.3 Å². The van der Waals surface area contributed by atoms with Crippen LogP contribution in [0.15, 0.2) is 55.8 Å². The zero-order valence-corrected chi connectivity index (χ0v) is 12.5. The van der Waals surface area contributed by atoms with Crippen LogP contribution in [0, 0.1) is 0 Å². The highest BCUT2D eigenvalue weighted by Crippen LogP contribution is 2.21. The van der Waals surface area contributed by atoms with Crippen LogP contribution in [0.2, 0.25) is 0 Å². The number of hydrogen-bond donors (Lipinski definition) is 1. The summed E-state index contributed by atoms with van der Waals surface area (Å²) in [5, 5.41) is 5.99. The van der Waals surface area contributed by atoms with Gasteiger partial charge in [0, 0.05) is 0 Å². The lowest BCUT2D eigenvalue weighted by Gasteiger charge is -2.01. The molecule has 7 nitrogen and oxygen atoms in total. The summed E-state index contributed by atoms with van der Waals surface area (Å²) >= 11 is 1.42. The second-order valence-electron chi connectivity index (χ2n) is 4.84. The standard InChI is InChI=1S/C15H10N4O3S/c20-13-11(16-9-4-1-2-5-10(9)17-13)8-19-15(21)22-14(18-19)12-6-3-7-23-12/h1-7H,8H2,(H,17,20). The van der Waals surface area contributed by atoms with Crippen molar-refractivity contribution in [1.29, 1.82) is 0 Å². The molecule has 4 rings (SSSR count). The number of nitrogens with zero attached hydrogens (tertiary/aromatic N) is 3. The maximum atomic E-state index is 12.1. The van der Waals surface area contributed by atoms with Gasteiger partial charge in [0.05, 0.1) is 22.5 Å². The quantitative estimate of drug-likeness (QED) is 0.620. The number of benzene rings is 1. The minimum Gasteiger partial charge on any atom is -0.387 e. The largest absolute Gasteiger partial charge is 0.437 e. The predicted molar refractivity (Wildman–Crippen MR) is 85.5 cm³/mol. The minimum atomic E-state index is -0.622. The van der Waals surface area contributed by atoms with Crippen molar-refractivity contribution in [2.24, 2.45) is 0 Å². The van der Waals surface area contributed by atoms with Gasteiger partial charge in [0.1, 0.15) is 5.69 Å². The van der Waals surface area contributed by atoms with Crippen LogP contribution in [0.1, 0.15) is 5.69 Å². The van der Waals surface area contributed by atoms with E-state index in [-0.39, 0.29) is 23.7 Å². The Hall–Kier alpha value is -3.00. The number of nitrogens with one attached hydrogen (secondary N) is 1. The van der Waals surface area contributed by atoms with Crippen LogP contribution in [-0.4, -0.2) is 19.7 Å². The molecule has 0 saturated carbocycles. The molecule has 114 valence electrons. The lowest BCUT2D eigenvalue weighted by molar-refractivity contribution is 0.493. The maximum Gasteiger partial charge on any atom is 0.437 e. The molecule has 4 aromatic rings. The van der Waals surface area contributed by atoms with Crippen molar-refractivity contribution in [2.45, 2.75) is 6.54 Å². The van der Waals surface area contributed by atoms with Crippen molar-refractivity contribution >= 4 is 22.4 Å². The van der Waals surface area contributed by atoms with Gasteiger partial charge < -0.3 is 9.40 Å². The van der Waals surface area contributed by atoms with Crippen LogP contribution in [0.4, 0.5) is 0 Å². The van der Waals surface area contributed by atoms with Gasteiger partial charge in [-0.25, -0.2) is 9.78 Å². The highest BCUT2D eigenvalue weighted by atomic mass is 32.1. The Balaban J connectivity index is 1.75. The number of aromatic nitrogens is 4. The van der Waals surface area contributed by atoms with Crippen molar-refractivity contribution in [3.8, 4) is 10.8 Å². The van der Waals surface area contributed by atoms with E-state index in [1.807, 2.05) is 23.6 Å². The van der Waals surface area contributed by atoms with Crippen LogP contribution >= 0.6 is 11.3 Å².